The fourth-order valence-corrected chi connectivity index (χ4v) is 3.44. The van der Waals surface area contributed by atoms with Gasteiger partial charge in [0.2, 0.25) is 0 Å². The molecule has 0 fully saturated rings. The number of fused-ring (bicyclic) bond motifs is 3. The highest BCUT2D eigenvalue weighted by atomic mass is 16.5. The Hall–Kier alpha value is -3.08. The van der Waals surface area contributed by atoms with E-state index in [9.17, 15) is 9.59 Å². The highest BCUT2D eigenvalue weighted by Gasteiger charge is 2.41. The molecule has 0 spiro atoms. The number of hydrogen-bond acceptors (Lipinski definition) is 5. The SMILES string of the molecule is COC(=O)[C@@H]1COc2c(c(=O)oc3ccccc23)[C@H]1c1ccccc1. The van der Waals surface area contributed by atoms with Crippen molar-refractivity contribution < 1.29 is 18.7 Å². The summed E-state index contributed by atoms with van der Waals surface area (Å²) in [6.45, 7) is 0.146. The van der Waals surface area contributed by atoms with Gasteiger partial charge in [-0.1, -0.05) is 42.5 Å². The standard InChI is InChI=1S/C20H16O5/c1-23-19(21)14-11-24-18-13-9-5-6-10-15(13)25-20(22)17(18)16(14)12-7-3-2-4-8-12/h2-10,14,16H,11H2,1H3/t14-,16+/m1/s1. The number of rotatable bonds is 2. The van der Waals surface area contributed by atoms with Crippen LogP contribution in [0.1, 0.15) is 17.0 Å². The Morgan fingerprint density at radius 2 is 1.80 bits per heavy atom. The number of methoxy groups -OCH3 is 1. The smallest absolute Gasteiger partial charge is 0.343 e. The summed E-state index contributed by atoms with van der Waals surface area (Å²) in [5, 5.41) is 0.723. The number of para-hydroxylation sites is 1. The lowest BCUT2D eigenvalue weighted by Gasteiger charge is -2.31. The topological polar surface area (TPSA) is 65.7 Å². The van der Waals surface area contributed by atoms with Gasteiger partial charge in [-0.05, 0) is 17.7 Å². The average Bonchev–Trinajstić information content (AvgIpc) is 2.67. The molecule has 126 valence electrons. The van der Waals surface area contributed by atoms with Crippen LogP contribution in [0.25, 0.3) is 11.0 Å². The predicted molar refractivity (Wildman–Crippen MR) is 91.8 cm³/mol. The Balaban J connectivity index is 2.00. The molecule has 3 aromatic rings. The third kappa shape index (κ3) is 2.48. The highest BCUT2D eigenvalue weighted by Crippen LogP contribution is 2.43. The fraction of sp³-hybridized carbons (Fsp3) is 0.200. The molecule has 1 aromatic heterocycles. The van der Waals surface area contributed by atoms with Crippen LogP contribution in [-0.2, 0) is 9.53 Å². The van der Waals surface area contributed by atoms with Crippen molar-refractivity contribution >= 4 is 16.9 Å². The summed E-state index contributed by atoms with van der Waals surface area (Å²) in [6.07, 6.45) is 0. The van der Waals surface area contributed by atoms with Crippen molar-refractivity contribution in [3.63, 3.8) is 0 Å². The molecule has 5 heteroatoms. The monoisotopic (exact) mass is 336 g/mol. The van der Waals surface area contributed by atoms with Crippen LogP contribution < -0.4 is 10.4 Å². The maximum Gasteiger partial charge on any atom is 0.343 e. The van der Waals surface area contributed by atoms with Gasteiger partial charge in [0.15, 0.2) is 0 Å². The lowest BCUT2D eigenvalue weighted by atomic mass is 9.79. The number of esters is 1. The Morgan fingerprint density at radius 3 is 2.56 bits per heavy atom. The molecule has 25 heavy (non-hydrogen) atoms. The quantitative estimate of drug-likeness (QED) is 0.531. The van der Waals surface area contributed by atoms with E-state index in [0.29, 0.717) is 16.9 Å². The summed E-state index contributed by atoms with van der Waals surface area (Å²) in [5.41, 5.74) is 1.20. The first kappa shape index (κ1) is 15.4. The zero-order valence-corrected chi connectivity index (χ0v) is 13.6. The van der Waals surface area contributed by atoms with Crippen molar-refractivity contribution in [1.82, 2.24) is 0 Å². The zero-order valence-electron chi connectivity index (χ0n) is 13.6. The van der Waals surface area contributed by atoms with Crippen LogP contribution in [0, 0.1) is 5.92 Å². The van der Waals surface area contributed by atoms with Crippen molar-refractivity contribution in [3.8, 4) is 5.75 Å². The van der Waals surface area contributed by atoms with Gasteiger partial charge in [0, 0.05) is 5.92 Å². The summed E-state index contributed by atoms with van der Waals surface area (Å²) in [7, 11) is 1.34. The molecule has 0 radical (unpaired) electrons. The van der Waals surface area contributed by atoms with E-state index in [1.807, 2.05) is 42.5 Å². The molecule has 1 aliphatic heterocycles. The first-order chi connectivity index (χ1) is 12.2. The molecule has 4 rings (SSSR count). The van der Waals surface area contributed by atoms with E-state index in [1.54, 1.807) is 12.1 Å². The van der Waals surface area contributed by atoms with Gasteiger partial charge in [0.1, 0.15) is 23.9 Å². The molecule has 0 amide bonds. The fourth-order valence-electron chi connectivity index (χ4n) is 3.44. The van der Waals surface area contributed by atoms with Crippen molar-refractivity contribution in [2.75, 3.05) is 13.7 Å². The Bertz CT molecular complexity index is 990. The molecule has 5 nitrogen and oxygen atoms in total. The van der Waals surface area contributed by atoms with E-state index in [-0.39, 0.29) is 6.61 Å². The number of carbonyl (C=O) groups is 1. The van der Waals surface area contributed by atoms with Crippen molar-refractivity contribution in [1.29, 1.82) is 0 Å². The predicted octanol–water partition coefficient (Wildman–Crippen LogP) is 3.11. The summed E-state index contributed by atoms with van der Waals surface area (Å²) in [6, 6.07) is 16.7. The van der Waals surface area contributed by atoms with Gasteiger partial charge in [0.25, 0.3) is 0 Å². The minimum atomic E-state index is -0.607. The van der Waals surface area contributed by atoms with E-state index in [4.69, 9.17) is 13.9 Å². The first-order valence-corrected chi connectivity index (χ1v) is 8.02. The molecule has 0 saturated heterocycles. The number of benzene rings is 2. The summed E-state index contributed by atoms with van der Waals surface area (Å²) >= 11 is 0. The molecule has 2 atom stereocenters. The van der Waals surface area contributed by atoms with Gasteiger partial charge in [-0.15, -0.1) is 0 Å². The second kappa shape index (κ2) is 6.09. The Kier molecular flexibility index (Phi) is 3.76. The molecule has 0 N–H and O–H groups in total. The van der Waals surface area contributed by atoms with Crippen LogP contribution >= 0.6 is 0 Å². The molecular weight excluding hydrogens is 320 g/mol. The second-order valence-corrected chi connectivity index (χ2v) is 5.96. The summed E-state index contributed by atoms with van der Waals surface area (Å²) in [4.78, 5) is 25.0. The van der Waals surface area contributed by atoms with Crippen LogP contribution in [0.4, 0.5) is 0 Å². The van der Waals surface area contributed by atoms with E-state index in [2.05, 4.69) is 0 Å². The minimum absolute atomic E-state index is 0.146. The molecular formula is C20H16O5. The maximum absolute atomic E-state index is 12.7. The van der Waals surface area contributed by atoms with Crippen molar-refractivity contribution in [3.05, 3.63) is 76.1 Å². The minimum Gasteiger partial charge on any atom is -0.491 e. The van der Waals surface area contributed by atoms with Gasteiger partial charge in [0.05, 0.1) is 18.1 Å². The first-order valence-electron chi connectivity index (χ1n) is 8.02. The highest BCUT2D eigenvalue weighted by molar-refractivity contribution is 5.86. The third-order valence-electron chi connectivity index (χ3n) is 4.58. The van der Waals surface area contributed by atoms with E-state index in [1.165, 1.54) is 7.11 Å². The average molecular weight is 336 g/mol. The zero-order chi connectivity index (χ0) is 17.4. The van der Waals surface area contributed by atoms with Crippen LogP contribution in [0.5, 0.6) is 5.75 Å². The largest absolute Gasteiger partial charge is 0.491 e. The normalized spacial score (nSPS) is 19.1. The second-order valence-electron chi connectivity index (χ2n) is 5.96. The van der Waals surface area contributed by atoms with E-state index >= 15 is 0 Å². The molecule has 2 heterocycles. The Morgan fingerprint density at radius 1 is 1.08 bits per heavy atom. The lowest BCUT2D eigenvalue weighted by Crippen LogP contribution is -2.36. The van der Waals surface area contributed by atoms with Crippen LogP contribution in [0.2, 0.25) is 0 Å². The number of carbonyl (C=O) groups excluding carboxylic acids is 1. The van der Waals surface area contributed by atoms with E-state index < -0.39 is 23.4 Å². The van der Waals surface area contributed by atoms with Gasteiger partial charge >= 0.3 is 11.6 Å². The van der Waals surface area contributed by atoms with Gasteiger partial charge in [-0.3, -0.25) is 4.79 Å². The lowest BCUT2D eigenvalue weighted by molar-refractivity contribution is -0.147. The molecule has 2 aromatic carbocycles. The van der Waals surface area contributed by atoms with Gasteiger partial charge in [-0.25, -0.2) is 4.79 Å². The molecule has 0 bridgehead atoms. The number of ether oxygens (including phenoxy) is 2. The van der Waals surface area contributed by atoms with Crippen LogP contribution in [-0.4, -0.2) is 19.7 Å². The summed E-state index contributed by atoms with van der Waals surface area (Å²) in [5.74, 6) is -1.00. The van der Waals surface area contributed by atoms with Crippen molar-refractivity contribution in [2.45, 2.75) is 5.92 Å². The Labute approximate surface area is 143 Å². The molecule has 0 unspecified atom stereocenters. The molecule has 0 saturated carbocycles. The van der Waals surface area contributed by atoms with Crippen molar-refractivity contribution in [2.24, 2.45) is 5.92 Å². The van der Waals surface area contributed by atoms with Gasteiger partial charge < -0.3 is 13.9 Å². The summed E-state index contributed by atoms with van der Waals surface area (Å²) < 4.78 is 16.3. The maximum atomic E-state index is 12.7. The van der Waals surface area contributed by atoms with Crippen LogP contribution in [0.3, 0.4) is 0 Å². The number of hydrogen-bond donors (Lipinski definition) is 0. The third-order valence-corrected chi connectivity index (χ3v) is 4.58. The molecule has 1 aliphatic rings. The van der Waals surface area contributed by atoms with Crippen LogP contribution in [0.15, 0.2) is 63.8 Å². The van der Waals surface area contributed by atoms with E-state index in [0.717, 1.165) is 10.9 Å². The molecule has 0 aliphatic carbocycles. The van der Waals surface area contributed by atoms with Gasteiger partial charge in [-0.2, -0.15) is 0 Å².